The van der Waals surface area contributed by atoms with Crippen LogP contribution < -0.4 is 7.55 Å². The second-order valence-corrected chi connectivity index (χ2v) is 6.75. The van der Waals surface area contributed by atoms with Gasteiger partial charge in [-0.05, 0) is 0 Å². The molecule has 19 heavy (non-hydrogen) atoms. The maximum atomic E-state index is 11.4. The van der Waals surface area contributed by atoms with Crippen molar-refractivity contribution >= 4 is 40.9 Å². The third-order valence-corrected chi connectivity index (χ3v) is 5.67. The van der Waals surface area contributed by atoms with Crippen LogP contribution in [0.1, 0.15) is 11.1 Å². The third kappa shape index (κ3) is 4.16. The molecule has 0 aliphatic carbocycles. The van der Waals surface area contributed by atoms with Crippen molar-refractivity contribution in [1.82, 2.24) is 0 Å². The van der Waals surface area contributed by atoms with Crippen LogP contribution in [0.4, 0.5) is 0 Å². The number of hydrogen-bond donors (Lipinski definition) is 3. The van der Waals surface area contributed by atoms with E-state index in [9.17, 15) is 18.1 Å². The SMILES string of the molecule is Cc1cc(OCC(O)CO)c(C)c(S(=O)(=O)O)[c]1[Na]. The van der Waals surface area contributed by atoms with Gasteiger partial charge in [0.1, 0.15) is 0 Å². The van der Waals surface area contributed by atoms with E-state index in [0.29, 0.717) is 41.9 Å². The average Bonchev–Trinajstić information content (AvgIpc) is 2.30. The summed E-state index contributed by atoms with van der Waals surface area (Å²) in [7, 11) is -4.31. The summed E-state index contributed by atoms with van der Waals surface area (Å²) < 4.78 is 38.0. The minimum absolute atomic E-state index is 0.118. The van der Waals surface area contributed by atoms with Gasteiger partial charge in [0.15, 0.2) is 0 Å². The van der Waals surface area contributed by atoms with Crippen molar-refractivity contribution < 1.29 is 27.9 Å². The normalized spacial score (nSPS) is 13.4. The van der Waals surface area contributed by atoms with Gasteiger partial charge in [0.05, 0.1) is 0 Å². The minimum atomic E-state index is -4.31. The van der Waals surface area contributed by atoms with E-state index in [0.717, 1.165) is 0 Å². The van der Waals surface area contributed by atoms with Crippen LogP contribution in [0.25, 0.3) is 0 Å². The zero-order valence-corrected chi connectivity index (χ0v) is 13.9. The number of aliphatic hydroxyl groups excluding tert-OH is 2. The summed E-state index contributed by atoms with van der Waals surface area (Å²) in [4.78, 5) is -0.118. The number of rotatable bonds is 5. The molecule has 1 unspecified atom stereocenters. The third-order valence-electron chi connectivity index (χ3n) is 2.89. The van der Waals surface area contributed by atoms with Gasteiger partial charge in [-0.3, -0.25) is 0 Å². The molecule has 1 aromatic rings. The molecule has 6 nitrogen and oxygen atoms in total. The Morgan fingerprint density at radius 3 is 2.47 bits per heavy atom. The van der Waals surface area contributed by atoms with Gasteiger partial charge in [-0.15, -0.1) is 0 Å². The van der Waals surface area contributed by atoms with Crippen molar-refractivity contribution in [2.45, 2.75) is 24.8 Å². The fourth-order valence-corrected chi connectivity index (χ4v) is 4.09. The first-order chi connectivity index (χ1) is 8.68. The fraction of sp³-hybridized carbons (Fsp3) is 0.455. The zero-order chi connectivity index (χ0) is 14.8. The van der Waals surface area contributed by atoms with Gasteiger partial charge in [0.25, 0.3) is 0 Å². The molecular formula is C11H15NaO6S. The molecule has 0 radical (unpaired) electrons. The summed E-state index contributed by atoms with van der Waals surface area (Å²) in [5, 5.41) is 17.9. The number of benzene rings is 1. The Kier molecular flexibility index (Phi) is 5.81. The van der Waals surface area contributed by atoms with Crippen LogP contribution >= 0.6 is 0 Å². The number of ether oxygens (including phenoxy) is 1. The van der Waals surface area contributed by atoms with E-state index >= 15 is 0 Å². The first-order valence-corrected chi connectivity index (χ1v) is 8.12. The quantitative estimate of drug-likeness (QED) is 0.479. The monoisotopic (exact) mass is 298 g/mol. The van der Waals surface area contributed by atoms with Gasteiger partial charge < -0.3 is 0 Å². The Bertz CT molecular complexity index is 569. The van der Waals surface area contributed by atoms with Crippen molar-refractivity contribution in [2.75, 3.05) is 13.2 Å². The van der Waals surface area contributed by atoms with E-state index < -0.39 is 22.8 Å². The van der Waals surface area contributed by atoms with Crippen LogP contribution in [0.5, 0.6) is 5.75 Å². The van der Waals surface area contributed by atoms with Crippen LogP contribution in [-0.2, 0) is 10.1 Å². The summed E-state index contributed by atoms with van der Waals surface area (Å²) >= 11 is 0.472. The van der Waals surface area contributed by atoms with Crippen LogP contribution in [-0.4, -0.2) is 70.4 Å². The average molecular weight is 298 g/mol. The van der Waals surface area contributed by atoms with Gasteiger partial charge in [-0.2, -0.15) is 0 Å². The van der Waals surface area contributed by atoms with E-state index in [1.807, 2.05) is 0 Å². The van der Waals surface area contributed by atoms with Crippen LogP contribution in [0, 0.1) is 13.8 Å². The Balaban J connectivity index is 3.25. The van der Waals surface area contributed by atoms with Crippen molar-refractivity contribution in [3.05, 3.63) is 17.2 Å². The van der Waals surface area contributed by atoms with Crippen molar-refractivity contribution in [1.29, 1.82) is 0 Å². The first-order valence-electron chi connectivity index (χ1n) is 5.68. The van der Waals surface area contributed by atoms with Gasteiger partial charge in [0, 0.05) is 0 Å². The number of aliphatic hydroxyl groups is 2. The van der Waals surface area contributed by atoms with E-state index in [2.05, 4.69) is 0 Å². The zero-order valence-electron chi connectivity index (χ0n) is 11.0. The van der Waals surface area contributed by atoms with E-state index in [4.69, 9.17) is 9.84 Å². The Labute approximate surface area is 129 Å². The van der Waals surface area contributed by atoms with Crippen LogP contribution in [0.15, 0.2) is 11.0 Å². The molecule has 102 valence electrons. The Morgan fingerprint density at radius 1 is 1.42 bits per heavy atom. The molecule has 0 spiro atoms. The maximum absolute atomic E-state index is 11.4. The van der Waals surface area contributed by atoms with Gasteiger partial charge >= 0.3 is 130 Å². The van der Waals surface area contributed by atoms with Gasteiger partial charge in [-0.1, -0.05) is 0 Å². The van der Waals surface area contributed by atoms with E-state index in [1.165, 1.54) is 6.92 Å². The second kappa shape index (κ2) is 6.53. The topological polar surface area (TPSA) is 104 Å². The molecule has 0 heterocycles. The van der Waals surface area contributed by atoms with E-state index in [-0.39, 0.29) is 17.3 Å². The number of hydrogen-bond acceptors (Lipinski definition) is 5. The molecule has 0 fully saturated rings. The molecule has 1 rings (SSSR count). The molecule has 1 atom stereocenters. The number of aryl methyl sites for hydroxylation is 1. The Morgan fingerprint density at radius 2 is 2.00 bits per heavy atom. The summed E-state index contributed by atoms with van der Waals surface area (Å²) in [6, 6.07) is 1.66. The van der Waals surface area contributed by atoms with Crippen LogP contribution in [0.2, 0.25) is 0 Å². The molecule has 1 aromatic carbocycles. The first kappa shape index (κ1) is 16.9. The van der Waals surface area contributed by atoms with Crippen molar-refractivity contribution in [3.8, 4) is 5.75 Å². The predicted octanol–water partition coefficient (Wildman–Crippen LogP) is -0.924. The molecule has 3 N–H and O–H groups in total. The molecule has 0 bridgehead atoms. The van der Waals surface area contributed by atoms with Gasteiger partial charge in [-0.25, -0.2) is 0 Å². The molecule has 8 heteroatoms. The van der Waals surface area contributed by atoms with Crippen molar-refractivity contribution in [2.24, 2.45) is 0 Å². The molecule has 0 aliphatic rings. The summed E-state index contributed by atoms with van der Waals surface area (Å²) in [5.41, 5.74) is 1.02. The molecule has 0 saturated heterocycles. The second-order valence-electron chi connectivity index (χ2n) is 4.39. The molecule has 0 saturated carbocycles. The Hall–Kier alpha value is -0.150. The summed E-state index contributed by atoms with van der Waals surface area (Å²) in [6.07, 6.45) is -1.04. The van der Waals surface area contributed by atoms with Crippen molar-refractivity contribution in [3.63, 3.8) is 0 Å². The van der Waals surface area contributed by atoms with Crippen LogP contribution in [0.3, 0.4) is 0 Å². The standard InChI is InChI=1S/C11H15O6S.Na/c1-7-3-10(17-6-9(13)5-12)8(2)11(4-7)18(14,15)16;/h3,9,12-13H,5-6H2,1-2H3,(H,14,15,16);. The molecular weight excluding hydrogens is 283 g/mol. The summed E-state index contributed by atoms with van der Waals surface area (Å²) in [6.45, 7) is 2.67. The fourth-order valence-electron chi connectivity index (χ4n) is 1.76. The molecule has 0 amide bonds. The van der Waals surface area contributed by atoms with E-state index in [1.54, 1.807) is 13.0 Å². The predicted molar refractivity (Wildman–Crippen MR) is 69.7 cm³/mol. The van der Waals surface area contributed by atoms with Gasteiger partial charge in [0.2, 0.25) is 0 Å². The molecule has 0 aromatic heterocycles. The summed E-state index contributed by atoms with van der Waals surface area (Å²) in [5.74, 6) is 0.275. The molecule has 0 aliphatic heterocycles.